The first-order valence-corrected chi connectivity index (χ1v) is 27.8. The van der Waals surface area contributed by atoms with Gasteiger partial charge < -0.3 is 12.8 Å². The molecule has 1 aliphatic carbocycles. The summed E-state index contributed by atoms with van der Waals surface area (Å²) >= 11 is 0. The van der Waals surface area contributed by atoms with Crippen LogP contribution in [-0.2, 0) is 51.2 Å². The molecule has 5 heteroatoms. The molecule has 0 saturated heterocycles. The second-order valence-corrected chi connectivity index (χ2v) is 25.9. The zero-order valence-corrected chi connectivity index (χ0v) is 44.1. The van der Waals surface area contributed by atoms with Crippen molar-refractivity contribution in [1.29, 1.82) is 0 Å². The maximum Gasteiger partial charge on any atom is 1.00 e. The normalized spacial score (nSPS) is 11.8. The van der Waals surface area contributed by atoms with Crippen molar-refractivity contribution < 1.29 is 44.8 Å². The molecule has 0 N–H and O–H groups in total. The molecule has 0 spiro atoms. The third kappa shape index (κ3) is 10.3. The molecule has 0 nitrogen and oxygen atoms in total. The van der Waals surface area contributed by atoms with Crippen LogP contribution in [-0.4, -0.2) is 8.07 Å². The van der Waals surface area contributed by atoms with E-state index < -0.39 is 23.9 Å². The molecule has 0 amide bonds. The van der Waals surface area contributed by atoms with Crippen molar-refractivity contribution >= 4 is 66.1 Å². The Bertz CT molecular complexity index is 2960. The minimum absolute atomic E-state index is 0. The van der Waals surface area contributed by atoms with Gasteiger partial charge in [-0.1, -0.05) is 159 Å². The van der Waals surface area contributed by atoms with Gasteiger partial charge in [-0.05, 0) is 111 Å². The van der Waals surface area contributed by atoms with Gasteiger partial charge in [-0.15, -0.1) is 35.4 Å². The Balaban J connectivity index is 0.000000160. The van der Waals surface area contributed by atoms with Gasteiger partial charge in [0.2, 0.25) is 0 Å². The maximum absolute atomic E-state index is 7.25. The fourth-order valence-electron chi connectivity index (χ4n) is 9.29. The van der Waals surface area contributed by atoms with Gasteiger partial charge >= 0.3 is 44.8 Å². The summed E-state index contributed by atoms with van der Waals surface area (Å²) in [7, 11) is -3.79. The Labute approximate surface area is 426 Å². The van der Waals surface area contributed by atoms with E-state index in [9.17, 15) is 0 Å². The molecule has 9 aromatic rings. The van der Waals surface area contributed by atoms with Crippen LogP contribution in [0.2, 0.25) is 13.1 Å². The zero-order valence-electron chi connectivity index (χ0n) is 36.7. The van der Waals surface area contributed by atoms with E-state index in [0.29, 0.717) is 0 Å². The van der Waals surface area contributed by atoms with Crippen LogP contribution >= 0.6 is 15.8 Å². The van der Waals surface area contributed by atoms with Crippen LogP contribution in [0.4, 0.5) is 0 Å². The summed E-state index contributed by atoms with van der Waals surface area (Å²) < 4.78 is 0. The molecule has 326 valence electrons. The van der Waals surface area contributed by atoms with Crippen LogP contribution < -0.4 is 42.2 Å². The van der Waals surface area contributed by atoms with Gasteiger partial charge in [-0.3, -0.25) is 11.8 Å². The summed E-state index contributed by atoms with van der Waals surface area (Å²) in [6, 6.07) is 83.0. The van der Waals surface area contributed by atoms with E-state index in [1.54, 1.807) is 0 Å². The van der Waals surface area contributed by atoms with E-state index >= 15 is 0 Å². The topological polar surface area (TPSA) is 0 Å². The van der Waals surface area contributed by atoms with Gasteiger partial charge in [0.1, 0.15) is 55.7 Å². The van der Waals surface area contributed by atoms with E-state index in [1.807, 2.05) is 18.2 Å². The number of fused-ring (bicyclic) bond motifs is 6. The monoisotopic (exact) mass is 1260 g/mol. The second-order valence-electron chi connectivity index (χ2n) is 16.6. The third-order valence-electron chi connectivity index (χ3n) is 12.4. The van der Waals surface area contributed by atoms with Gasteiger partial charge in [-0.2, -0.15) is 0 Å². The molecule has 11 rings (SSSR count). The van der Waals surface area contributed by atoms with Crippen LogP contribution in [0.15, 0.2) is 231 Å². The number of hydrogen-bond donors (Lipinski definition) is 0. The van der Waals surface area contributed by atoms with Crippen molar-refractivity contribution in [3.05, 3.63) is 266 Å². The molecule has 1 aliphatic heterocycles. The molecule has 0 radical (unpaired) electrons. The maximum atomic E-state index is 7.25. The minimum atomic E-state index is -1.51. The molecule has 0 bridgehead atoms. The summed E-state index contributed by atoms with van der Waals surface area (Å²) in [4.78, 5) is 0. The summed E-state index contributed by atoms with van der Waals surface area (Å²) in [6.07, 6.45) is 15.4. The molecule has 0 saturated carbocycles. The van der Waals surface area contributed by atoms with Gasteiger partial charge in [0.05, 0.1) is 0 Å². The molecule has 1 heterocycles. The summed E-state index contributed by atoms with van der Waals surface area (Å²) in [6.45, 7) is 4.79. The van der Waals surface area contributed by atoms with E-state index in [-0.39, 0.29) is 44.8 Å². The second kappa shape index (κ2) is 22.4. The fraction of sp³-hybridized carbons (Fsp3) is 0.0492. The van der Waals surface area contributed by atoms with Crippen molar-refractivity contribution in [2.75, 3.05) is 0 Å². The number of hydrogen-bond acceptors (Lipinski definition) is 0. The molecular formula is C61H48Au2P2Si+2. The smallest absolute Gasteiger partial charge is 0.366 e. The molecular weight excluding hydrogens is 1220 g/mol. The van der Waals surface area contributed by atoms with Crippen molar-refractivity contribution in [3.63, 3.8) is 0 Å². The Morgan fingerprint density at radius 1 is 0.364 bits per heavy atom. The van der Waals surface area contributed by atoms with Crippen molar-refractivity contribution in [1.82, 2.24) is 0 Å². The SMILES string of the molecule is [Au+].[Au+].[C-]#Cc1ccc2c(c1)-c1ccccc1C2.[C-]#Cc1ccc2c(c1)-c1ccccc1[Si]2(C)C.c1ccc([PH+](c2ccccc2)c2ccccc2[PH+](c2ccccc2)c2ccccc2)cc1. The molecule has 9 aromatic carbocycles. The Hall–Kier alpha value is -5.34. The van der Waals surface area contributed by atoms with E-state index in [4.69, 9.17) is 12.8 Å². The molecule has 0 atom stereocenters. The first-order valence-electron chi connectivity index (χ1n) is 21.8. The zero-order chi connectivity index (χ0) is 43.9. The fourth-order valence-corrected chi connectivity index (χ4v) is 18.4. The van der Waals surface area contributed by atoms with E-state index in [2.05, 4.69) is 237 Å². The van der Waals surface area contributed by atoms with Gasteiger partial charge in [0.15, 0.2) is 0 Å². The predicted octanol–water partition coefficient (Wildman–Crippen LogP) is 10.3. The Kier molecular flexibility index (Phi) is 16.5. The van der Waals surface area contributed by atoms with Gasteiger partial charge in [-0.25, -0.2) is 0 Å². The van der Waals surface area contributed by atoms with E-state index in [1.165, 1.54) is 75.6 Å². The largest absolute Gasteiger partial charge is 1.00 e. The summed E-state index contributed by atoms with van der Waals surface area (Å²) in [5.74, 6) is 4.92. The van der Waals surface area contributed by atoms with Crippen molar-refractivity contribution in [2.45, 2.75) is 19.5 Å². The molecule has 0 unspecified atom stereocenters. The Morgan fingerprint density at radius 2 is 0.727 bits per heavy atom. The van der Waals surface area contributed by atoms with Crippen LogP contribution in [0.1, 0.15) is 22.3 Å². The molecule has 0 aromatic heterocycles. The van der Waals surface area contributed by atoms with Crippen LogP contribution in [0.5, 0.6) is 0 Å². The minimum Gasteiger partial charge on any atom is -0.366 e. The number of rotatable bonds is 6. The summed E-state index contributed by atoms with van der Waals surface area (Å²) in [5.41, 5.74) is 9.71. The van der Waals surface area contributed by atoms with Crippen LogP contribution in [0.25, 0.3) is 22.3 Å². The van der Waals surface area contributed by atoms with E-state index in [0.717, 1.165) is 17.5 Å². The quantitative estimate of drug-likeness (QED) is 0.0674. The first kappa shape index (κ1) is 48.6. The van der Waals surface area contributed by atoms with Crippen molar-refractivity contribution in [3.8, 4) is 34.1 Å². The average Bonchev–Trinajstić information content (AvgIpc) is 3.84. The van der Waals surface area contributed by atoms with Crippen LogP contribution in [0.3, 0.4) is 0 Å². The average molecular weight is 1270 g/mol. The number of benzene rings is 9. The first-order chi connectivity index (χ1) is 31.4. The van der Waals surface area contributed by atoms with Gasteiger partial charge in [0, 0.05) is 0 Å². The molecule has 66 heavy (non-hydrogen) atoms. The standard InChI is InChI=1S/C30H24P2.C16H13Si.C15H9.2Au/c1-5-15-25(16-6-1)31(26-17-7-2-8-18-26)29-23-13-14-24-30(29)32(27-19-9-3-10-20-27)28-21-11-4-12-22-28;1-4-12-9-10-16-14(11-12)13-7-5-6-8-15(13)17(16,2)3;1-2-11-7-8-13-10-12-5-3-4-6-14(12)15(13)9-11;;/h1-24H;5-11H,2-3H3;3-9H,10H2;;/q;2*-1;2*+1/p+2. The van der Waals surface area contributed by atoms with Gasteiger partial charge in [0.25, 0.3) is 0 Å². The molecule has 0 fully saturated rings. The third-order valence-corrected chi connectivity index (χ3v) is 21.8. The van der Waals surface area contributed by atoms with Crippen LogP contribution in [0, 0.1) is 24.7 Å². The van der Waals surface area contributed by atoms with Crippen molar-refractivity contribution in [2.24, 2.45) is 0 Å². The predicted molar refractivity (Wildman–Crippen MR) is 282 cm³/mol. The summed E-state index contributed by atoms with van der Waals surface area (Å²) in [5, 5.41) is 11.7. The molecule has 2 aliphatic rings. The Morgan fingerprint density at radius 3 is 1.21 bits per heavy atom.